The van der Waals surface area contributed by atoms with E-state index in [0.717, 1.165) is 38.7 Å². The van der Waals surface area contributed by atoms with Crippen LogP contribution in [-0.2, 0) is 6.42 Å². The van der Waals surface area contributed by atoms with E-state index in [2.05, 4.69) is 59.8 Å². The summed E-state index contributed by atoms with van der Waals surface area (Å²) in [6.07, 6.45) is 9.52. The molecule has 1 saturated carbocycles. The number of halogens is 1. The lowest BCUT2D eigenvalue weighted by Crippen LogP contribution is -2.15. The summed E-state index contributed by atoms with van der Waals surface area (Å²) >= 11 is 3.45. The van der Waals surface area contributed by atoms with E-state index in [0.29, 0.717) is 17.7 Å². The fourth-order valence-electron chi connectivity index (χ4n) is 4.58. The number of rotatable bonds is 4. The number of pyridine rings is 1. The fraction of sp³-hybridized carbons (Fsp3) is 0.444. The molecule has 0 spiro atoms. The fourth-order valence-corrected chi connectivity index (χ4v) is 4.91. The number of nitrogen functional groups attached to an aromatic ring is 2. The molecule has 0 aliphatic heterocycles. The van der Waals surface area contributed by atoms with Crippen molar-refractivity contribution in [3.63, 3.8) is 0 Å². The summed E-state index contributed by atoms with van der Waals surface area (Å²) in [5, 5.41) is 18.2. The van der Waals surface area contributed by atoms with Crippen molar-refractivity contribution in [2.45, 2.75) is 71.6 Å². The highest BCUT2D eigenvalue weighted by Gasteiger charge is 2.27. The molecule has 3 aromatic heterocycles. The Bertz CT molecular complexity index is 1290. The molecule has 1 aromatic carbocycles. The lowest BCUT2D eigenvalue weighted by Gasteiger charge is -2.14. The zero-order valence-corrected chi connectivity index (χ0v) is 23.0. The molecule has 0 radical (unpaired) electrons. The quantitative estimate of drug-likeness (QED) is 0.239. The van der Waals surface area contributed by atoms with Gasteiger partial charge in [0.15, 0.2) is 5.79 Å². The molecular weight excluding hydrogens is 520 g/mol. The maximum atomic E-state index is 8.08. The van der Waals surface area contributed by atoms with Crippen LogP contribution in [0.3, 0.4) is 0 Å². The van der Waals surface area contributed by atoms with Crippen LogP contribution in [0.15, 0.2) is 47.3 Å². The molecule has 194 valence electrons. The van der Waals surface area contributed by atoms with Gasteiger partial charge in [-0.05, 0) is 91.6 Å². The number of fused-ring (bicyclic) bond motifs is 2. The third kappa shape index (κ3) is 7.15. The maximum Gasteiger partial charge on any atom is 0.156 e. The summed E-state index contributed by atoms with van der Waals surface area (Å²) in [7, 11) is 0. The highest BCUT2D eigenvalue weighted by molar-refractivity contribution is 9.10. The van der Waals surface area contributed by atoms with Crippen LogP contribution < -0.4 is 11.5 Å². The number of benzene rings is 1. The molecule has 36 heavy (non-hydrogen) atoms. The normalized spacial score (nSPS) is 17.4. The van der Waals surface area contributed by atoms with Gasteiger partial charge in [-0.2, -0.15) is 0 Å². The number of aryl methyl sites for hydroxylation is 1. The Morgan fingerprint density at radius 1 is 1.06 bits per heavy atom. The molecule has 9 heteroatoms. The molecule has 4 aromatic rings. The van der Waals surface area contributed by atoms with Crippen molar-refractivity contribution in [3.8, 4) is 0 Å². The first-order chi connectivity index (χ1) is 17.1. The number of hydrogen-bond acceptors (Lipinski definition) is 7. The van der Waals surface area contributed by atoms with E-state index < -0.39 is 5.79 Å². The number of anilines is 2. The van der Waals surface area contributed by atoms with E-state index >= 15 is 0 Å². The van der Waals surface area contributed by atoms with E-state index in [9.17, 15) is 0 Å². The molecule has 0 bridgehead atoms. The van der Waals surface area contributed by atoms with Crippen LogP contribution >= 0.6 is 15.9 Å². The third-order valence-electron chi connectivity index (χ3n) is 6.15. The number of aromatic nitrogens is 4. The molecule has 0 saturated heterocycles. The van der Waals surface area contributed by atoms with Gasteiger partial charge >= 0.3 is 0 Å². The number of hydrogen-bond donors (Lipinski definition) is 4. The van der Waals surface area contributed by atoms with Gasteiger partial charge in [0.05, 0.1) is 15.4 Å². The van der Waals surface area contributed by atoms with E-state index in [1.54, 1.807) is 6.33 Å². The Labute approximate surface area is 220 Å². The van der Waals surface area contributed by atoms with Crippen LogP contribution in [0.5, 0.6) is 0 Å². The minimum absolute atomic E-state index is 0.488. The zero-order valence-electron chi connectivity index (χ0n) is 21.4. The molecule has 2 unspecified atom stereocenters. The Morgan fingerprint density at radius 2 is 1.78 bits per heavy atom. The summed E-state index contributed by atoms with van der Waals surface area (Å²) in [6.45, 7) is 6.60. The predicted octanol–water partition coefficient (Wildman–Crippen LogP) is 5.61. The average molecular weight is 558 g/mol. The Balaban J connectivity index is 0.000000463. The minimum atomic E-state index is -1.50. The molecule has 0 amide bonds. The lowest BCUT2D eigenvalue weighted by atomic mass is 9.97. The number of aliphatic hydroxyl groups is 2. The largest absolute Gasteiger partial charge is 0.383 e. The van der Waals surface area contributed by atoms with Crippen LogP contribution in [0.1, 0.15) is 65.0 Å². The van der Waals surface area contributed by atoms with Crippen LogP contribution in [0.25, 0.3) is 21.9 Å². The molecule has 1 aliphatic carbocycles. The maximum absolute atomic E-state index is 8.08. The highest BCUT2D eigenvalue weighted by atomic mass is 79.9. The second kappa shape index (κ2) is 12.0. The van der Waals surface area contributed by atoms with Crippen LogP contribution in [-0.4, -0.2) is 35.5 Å². The zero-order chi connectivity index (χ0) is 26.5. The monoisotopic (exact) mass is 556 g/mol. The molecule has 3 heterocycles. The van der Waals surface area contributed by atoms with Crippen LogP contribution in [0.4, 0.5) is 11.6 Å². The Hall–Kier alpha value is -2.75. The molecule has 8 nitrogen and oxygen atoms in total. The SMILES string of the molecule is CC.CC(C)(O)O.Nc1nc2cc(CCC3CCC(n4ccc5c(N)ncnc54)C3)ccc2cc1Br. The second-order valence-electron chi connectivity index (χ2n) is 9.47. The van der Waals surface area contributed by atoms with Crippen LogP contribution in [0, 0.1) is 5.92 Å². The van der Waals surface area contributed by atoms with Gasteiger partial charge in [-0.1, -0.05) is 26.0 Å². The van der Waals surface area contributed by atoms with Gasteiger partial charge in [0.1, 0.15) is 23.6 Å². The van der Waals surface area contributed by atoms with Gasteiger partial charge in [-0.3, -0.25) is 0 Å². The third-order valence-corrected chi connectivity index (χ3v) is 6.79. The van der Waals surface area contributed by atoms with Crippen molar-refractivity contribution in [2.75, 3.05) is 11.5 Å². The van der Waals surface area contributed by atoms with Crippen LogP contribution in [0.2, 0.25) is 0 Å². The highest BCUT2D eigenvalue weighted by Crippen LogP contribution is 2.39. The summed E-state index contributed by atoms with van der Waals surface area (Å²) in [6, 6.07) is 11.1. The molecular formula is C27H37BrN6O2. The van der Waals surface area contributed by atoms with Crippen molar-refractivity contribution < 1.29 is 10.2 Å². The summed E-state index contributed by atoms with van der Waals surface area (Å²) in [5.41, 5.74) is 15.2. The smallest absolute Gasteiger partial charge is 0.156 e. The van der Waals surface area contributed by atoms with E-state index in [4.69, 9.17) is 21.7 Å². The van der Waals surface area contributed by atoms with Gasteiger partial charge in [0.2, 0.25) is 0 Å². The predicted molar refractivity (Wildman–Crippen MR) is 150 cm³/mol. The van der Waals surface area contributed by atoms with Crippen molar-refractivity contribution in [1.82, 2.24) is 19.5 Å². The molecule has 5 rings (SSSR count). The first-order valence-corrected chi connectivity index (χ1v) is 13.2. The number of nitrogens with zero attached hydrogens (tertiary/aromatic N) is 4. The second-order valence-corrected chi connectivity index (χ2v) is 10.3. The van der Waals surface area contributed by atoms with Crippen molar-refractivity contribution in [2.24, 2.45) is 5.92 Å². The first-order valence-electron chi connectivity index (χ1n) is 12.4. The van der Waals surface area contributed by atoms with Crippen molar-refractivity contribution in [3.05, 3.63) is 52.9 Å². The summed E-state index contributed by atoms with van der Waals surface area (Å²) in [4.78, 5) is 13.1. The van der Waals surface area contributed by atoms with Gasteiger partial charge in [-0.15, -0.1) is 0 Å². The average Bonchev–Trinajstić information content (AvgIpc) is 3.46. The summed E-state index contributed by atoms with van der Waals surface area (Å²) in [5.74, 6) is 0.313. The van der Waals surface area contributed by atoms with E-state index in [1.165, 1.54) is 45.1 Å². The van der Waals surface area contributed by atoms with Crippen molar-refractivity contribution in [1.29, 1.82) is 0 Å². The molecule has 6 N–H and O–H groups in total. The first kappa shape index (κ1) is 27.8. The Morgan fingerprint density at radius 3 is 2.50 bits per heavy atom. The van der Waals surface area contributed by atoms with Crippen molar-refractivity contribution >= 4 is 49.5 Å². The molecule has 2 atom stereocenters. The minimum Gasteiger partial charge on any atom is -0.383 e. The van der Waals surface area contributed by atoms with Gasteiger partial charge in [0.25, 0.3) is 0 Å². The number of nitrogens with two attached hydrogens (primary N) is 2. The van der Waals surface area contributed by atoms with Gasteiger partial charge in [-0.25, -0.2) is 15.0 Å². The standard InChI is InChI=1S/C22H23BrN6.C3H8O2.C2H6/c23-18-11-15-5-3-14(10-19(15)28-21(18)25)2-1-13-4-6-16(9-13)29-8-7-17-20(24)26-12-27-22(17)29;1-3(2,4)5;1-2/h3,5,7-8,10-13,16H,1-2,4,6,9H2,(H2,25,28)(H2,24,26,27);4-5H,1-2H3;1-2H3. The summed E-state index contributed by atoms with van der Waals surface area (Å²) < 4.78 is 3.13. The van der Waals surface area contributed by atoms with E-state index in [1.807, 2.05) is 26.0 Å². The van der Waals surface area contributed by atoms with Gasteiger partial charge < -0.3 is 26.2 Å². The van der Waals surface area contributed by atoms with Gasteiger partial charge in [0, 0.05) is 17.6 Å². The molecule has 1 aliphatic rings. The topological polar surface area (TPSA) is 136 Å². The van der Waals surface area contributed by atoms with E-state index in [-0.39, 0.29) is 0 Å². The Kier molecular flexibility index (Phi) is 9.27. The lowest BCUT2D eigenvalue weighted by molar-refractivity contribution is -0.127. The molecule has 1 fully saturated rings.